The minimum absolute atomic E-state index is 0.0792. The standard InChI is InChI=1S/C27H25BrF6O6/c1-3-37-24(25(35)36)13-19-6-7-23(22(28)12-19)38-9-8-17(2)4-5-18-10-20(39-15-26(29,30)31)14-21(11-18)40-16-27(32,33)34/h6-8,10-12,14,24H,3,9,13,15-16H2,1-2H3,(H,35,36). The average Bonchev–Trinajstić information content (AvgIpc) is 2.85. The molecule has 6 nitrogen and oxygen atoms in total. The molecule has 0 aliphatic rings. The number of ether oxygens (including phenoxy) is 4. The van der Waals surface area contributed by atoms with Crippen molar-refractivity contribution in [1.29, 1.82) is 0 Å². The number of alkyl halides is 6. The van der Waals surface area contributed by atoms with Crippen LogP contribution in [0.1, 0.15) is 25.0 Å². The number of hydrogen-bond acceptors (Lipinski definition) is 5. The fourth-order valence-corrected chi connectivity index (χ4v) is 3.58. The van der Waals surface area contributed by atoms with E-state index in [4.69, 9.17) is 9.47 Å². The van der Waals surface area contributed by atoms with E-state index in [0.717, 1.165) is 23.8 Å². The van der Waals surface area contributed by atoms with Gasteiger partial charge >= 0.3 is 18.3 Å². The summed E-state index contributed by atoms with van der Waals surface area (Å²) in [6.07, 6.45) is -8.48. The number of rotatable bonds is 12. The fourth-order valence-electron chi connectivity index (χ4n) is 3.04. The van der Waals surface area contributed by atoms with Crippen molar-refractivity contribution in [2.75, 3.05) is 26.4 Å². The van der Waals surface area contributed by atoms with Crippen LogP contribution >= 0.6 is 15.9 Å². The second kappa shape index (κ2) is 14.9. The first-order valence-electron chi connectivity index (χ1n) is 11.6. The molecule has 13 heteroatoms. The van der Waals surface area contributed by atoms with E-state index in [1.54, 1.807) is 38.1 Å². The second-order valence-corrected chi connectivity index (χ2v) is 9.05. The van der Waals surface area contributed by atoms with Crippen LogP contribution in [-0.2, 0) is 16.0 Å². The maximum atomic E-state index is 12.5. The molecule has 0 spiro atoms. The molecule has 2 aromatic carbocycles. The lowest BCUT2D eigenvalue weighted by Crippen LogP contribution is -2.26. The number of carboxylic acid groups (broad SMARTS) is 1. The van der Waals surface area contributed by atoms with Crippen molar-refractivity contribution in [1.82, 2.24) is 0 Å². The number of hydrogen-bond donors (Lipinski definition) is 1. The Morgan fingerprint density at radius 2 is 1.60 bits per heavy atom. The van der Waals surface area contributed by atoms with Crippen molar-refractivity contribution >= 4 is 21.9 Å². The maximum Gasteiger partial charge on any atom is 0.422 e. The molecule has 0 fully saturated rings. The third kappa shape index (κ3) is 12.7. The number of carboxylic acids is 1. The Morgan fingerprint density at radius 1 is 1.00 bits per heavy atom. The largest absolute Gasteiger partial charge is 0.488 e. The van der Waals surface area contributed by atoms with Crippen molar-refractivity contribution in [2.24, 2.45) is 0 Å². The van der Waals surface area contributed by atoms with Crippen molar-refractivity contribution in [3.63, 3.8) is 0 Å². The van der Waals surface area contributed by atoms with Gasteiger partial charge in [-0.1, -0.05) is 17.9 Å². The van der Waals surface area contributed by atoms with Crippen LogP contribution in [0.3, 0.4) is 0 Å². The molecule has 1 unspecified atom stereocenters. The second-order valence-electron chi connectivity index (χ2n) is 8.20. The van der Waals surface area contributed by atoms with Crippen LogP contribution in [-0.4, -0.2) is 56.0 Å². The zero-order valence-electron chi connectivity index (χ0n) is 21.3. The molecule has 1 N–H and O–H groups in total. The van der Waals surface area contributed by atoms with Crippen LogP contribution in [0.2, 0.25) is 0 Å². The molecule has 0 aliphatic heterocycles. The third-order valence-corrected chi connectivity index (χ3v) is 5.40. The molecule has 0 amide bonds. The monoisotopic (exact) mass is 638 g/mol. The minimum atomic E-state index is -4.65. The van der Waals surface area contributed by atoms with Gasteiger partial charge in [0.15, 0.2) is 19.3 Å². The van der Waals surface area contributed by atoms with E-state index in [2.05, 4.69) is 37.2 Å². The molecule has 0 aliphatic carbocycles. The Hall–Kier alpha value is -3.37. The molecular weight excluding hydrogens is 614 g/mol. The van der Waals surface area contributed by atoms with Crippen LogP contribution in [0.4, 0.5) is 26.3 Å². The van der Waals surface area contributed by atoms with E-state index in [9.17, 15) is 36.2 Å². The predicted octanol–water partition coefficient (Wildman–Crippen LogP) is 6.74. The summed E-state index contributed by atoms with van der Waals surface area (Å²) >= 11 is 3.38. The Balaban J connectivity index is 2.09. The van der Waals surface area contributed by atoms with Gasteiger partial charge in [0, 0.05) is 24.7 Å². The first kappa shape index (κ1) is 32.8. The summed E-state index contributed by atoms with van der Waals surface area (Å²) < 4.78 is 95.8. The molecule has 0 saturated carbocycles. The van der Waals surface area contributed by atoms with Gasteiger partial charge in [-0.15, -0.1) is 0 Å². The number of carbonyl (C=O) groups is 1. The predicted molar refractivity (Wildman–Crippen MR) is 137 cm³/mol. The van der Waals surface area contributed by atoms with Crippen LogP contribution in [0.25, 0.3) is 0 Å². The van der Waals surface area contributed by atoms with Crippen LogP contribution in [0.5, 0.6) is 17.2 Å². The molecule has 0 radical (unpaired) electrons. The first-order chi connectivity index (χ1) is 18.6. The lowest BCUT2D eigenvalue weighted by Gasteiger charge is -2.13. The van der Waals surface area contributed by atoms with Gasteiger partial charge in [-0.2, -0.15) is 26.3 Å². The highest BCUT2D eigenvalue weighted by atomic mass is 79.9. The van der Waals surface area contributed by atoms with Crippen molar-refractivity contribution in [2.45, 2.75) is 38.7 Å². The van der Waals surface area contributed by atoms with Crippen molar-refractivity contribution in [3.05, 3.63) is 63.6 Å². The Morgan fingerprint density at radius 3 is 2.10 bits per heavy atom. The number of aliphatic carboxylic acids is 1. The van der Waals surface area contributed by atoms with Gasteiger partial charge in [-0.05, 0) is 71.3 Å². The van der Waals surface area contributed by atoms with Crippen molar-refractivity contribution in [3.8, 4) is 29.1 Å². The summed E-state index contributed by atoms with van der Waals surface area (Å²) in [6.45, 7) is 0.419. The van der Waals surface area contributed by atoms with Gasteiger partial charge in [0.05, 0.1) is 4.47 Å². The molecule has 2 aromatic rings. The topological polar surface area (TPSA) is 74.2 Å². The summed E-state index contributed by atoms with van der Waals surface area (Å²) in [7, 11) is 0. The number of halogens is 7. The SMILES string of the molecule is CCOC(Cc1ccc(OCC=C(C)C#Cc2cc(OCC(F)(F)F)cc(OCC(F)(F)F)c2)c(Br)c1)C(=O)O. The summed E-state index contributed by atoms with van der Waals surface area (Å²) in [6, 6.07) is 8.31. The summed E-state index contributed by atoms with van der Waals surface area (Å²) in [5.41, 5.74) is 1.31. The lowest BCUT2D eigenvalue weighted by molar-refractivity contribution is -0.154. The number of benzene rings is 2. The minimum Gasteiger partial charge on any atom is -0.488 e. The molecule has 0 saturated heterocycles. The third-order valence-electron chi connectivity index (χ3n) is 4.78. The quantitative estimate of drug-likeness (QED) is 0.205. The molecule has 0 heterocycles. The van der Waals surface area contributed by atoms with Crippen LogP contribution < -0.4 is 14.2 Å². The highest BCUT2D eigenvalue weighted by molar-refractivity contribution is 9.10. The number of allylic oxidation sites excluding steroid dienone is 1. The van der Waals surface area contributed by atoms with Crippen molar-refractivity contribution < 1.29 is 55.2 Å². The average molecular weight is 639 g/mol. The van der Waals surface area contributed by atoms with Gasteiger partial charge in [-0.25, -0.2) is 4.79 Å². The zero-order chi connectivity index (χ0) is 29.9. The van der Waals surface area contributed by atoms with Gasteiger partial charge < -0.3 is 24.1 Å². The Kier molecular flexibility index (Phi) is 12.2. The van der Waals surface area contributed by atoms with E-state index in [-0.39, 0.29) is 36.7 Å². The smallest absolute Gasteiger partial charge is 0.422 e. The van der Waals surface area contributed by atoms with Gasteiger partial charge in [0.2, 0.25) is 0 Å². The highest BCUT2D eigenvalue weighted by Crippen LogP contribution is 2.28. The fraction of sp³-hybridized carbons (Fsp3) is 0.370. The van der Waals surface area contributed by atoms with E-state index in [1.807, 2.05) is 0 Å². The van der Waals surface area contributed by atoms with Gasteiger partial charge in [0.1, 0.15) is 23.9 Å². The summed E-state index contributed by atoms with van der Waals surface area (Å²) in [5.74, 6) is 4.12. The molecule has 2 rings (SSSR count). The molecular formula is C27H25BrF6O6. The first-order valence-corrected chi connectivity index (χ1v) is 12.4. The van der Waals surface area contributed by atoms with E-state index >= 15 is 0 Å². The molecule has 0 aromatic heterocycles. The van der Waals surface area contributed by atoms with E-state index in [0.29, 0.717) is 15.8 Å². The summed E-state index contributed by atoms with van der Waals surface area (Å²) in [5, 5.41) is 9.23. The van der Waals surface area contributed by atoms with Gasteiger partial charge in [-0.3, -0.25) is 0 Å². The lowest BCUT2D eigenvalue weighted by atomic mass is 10.1. The molecule has 1 atom stereocenters. The maximum absolute atomic E-state index is 12.5. The molecule has 218 valence electrons. The van der Waals surface area contributed by atoms with Crippen LogP contribution in [0, 0.1) is 11.8 Å². The molecule has 0 bridgehead atoms. The zero-order valence-corrected chi connectivity index (χ0v) is 22.9. The molecule has 40 heavy (non-hydrogen) atoms. The van der Waals surface area contributed by atoms with E-state index < -0.39 is 37.6 Å². The van der Waals surface area contributed by atoms with E-state index in [1.165, 1.54) is 0 Å². The summed E-state index contributed by atoms with van der Waals surface area (Å²) in [4.78, 5) is 11.3. The Bertz CT molecular complexity index is 1210. The Labute approximate surface area is 235 Å². The highest BCUT2D eigenvalue weighted by Gasteiger charge is 2.30. The van der Waals surface area contributed by atoms with Gasteiger partial charge in [0.25, 0.3) is 0 Å². The normalized spacial score (nSPS) is 12.8. The van der Waals surface area contributed by atoms with Crippen LogP contribution in [0.15, 0.2) is 52.5 Å².